The van der Waals surface area contributed by atoms with Gasteiger partial charge < -0.3 is 20.9 Å². The van der Waals surface area contributed by atoms with E-state index in [1.165, 1.54) is 12.1 Å². The summed E-state index contributed by atoms with van der Waals surface area (Å²) in [5, 5.41) is 14.4. The number of rotatable bonds is 9. The fourth-order valence-corrected chi connectivity index (χ4v) is 6.83. The number of piperazine rings is 1. The molecule has 39 heavy (non-hydrogen) atoms. The molecule has 2 bridgehead atoms. The van der Waals surface area contributed by atoms with Gasteiger partial charge in [0.15, 0.2) is 11.6 Å². The van der Waals surface area contributed by atoms with E-state index in [9.17, 15) is 24.1 Å². The summed E-state index contributed by atoms with van der Waals surface area (Å²) in [6.07, 6.45) is 2.64. The molecular formula is C26H31ClFN7O4. The number of ketones is 1. The topological polar surface area (TPSA) is 148 Å². The maximum Gasteiger partial charge on any atom is 0.269 e. The van der Waals surface area contributed by atoms with Gasteiger partial charge >= 0.3 is 0 Å². The highest BCUT2D eigenvalue weighted by Crippen LogP contribution is 2.54. The van der Waals surface area contributed by atoms with Crippen LogP contribution in [-0.2, 0) is 16.0 Å². The number of non-ortho nitro benzene ring substituents is 1. The lowest BCUT2D eigenvalue weighted by molar-refractivity contribution is -0.384. The van der Waals surface area contributed by atoms with Crippen molar-refractivity contribution in [1.29, 1.82) is 0 Å². The number of carbonyl (C=O) groups is 2. The number of fused-ring (bicyclic) bond motifs is 2. The normalized spacial score (nSPS) is 26.5. The van der Waals surface area contributed by atoms with Crippen LogP contribution in [0.4, 0.5) is 21.6 Å². The molecule has 1 aliphatic heterocycles. The second-order valence-corrected chi connectivity index (χ2v) is 11.2. The van der Waals surface area contributed by atoms with Crippen molar-refractivity contribution in [1.82, 2.24) is 14.9 Å². The standard InChI is InChI=1S/C26H31ClFN7O4/c1-33-4-6-34(7-5-33)21-3-2-17(35(38)39)9-15(21)11-18(36)10-14-8-16-12-19(14)23(22(16)24(29)37)31-25-20(28)13-30-26(27)32-25/h2-3,9,13-14,16,19,22-23H,4-8,10-12H2,1H3,(H2,29,37)(H,30,31,32)/t14-,16+,19-,22+,23-/m1/s1. The number of nitrogens with zero attached hydrogens (tertiary/aromatic N) is 5. The molecule has 1 aromatic carbocycles. The molecular weight excluding hydrogens is 529 g/mol. The van der Waals surface area contributed by atoms with E-state index >= 15 is 0 Å². The Bertz CT molecular complexity index is 1290. The minimum Gasteiger partial charge on any atom is -0.369 e. The minimum absolute atomic E-state index is 0.0260. The lowest BCUT2D eigenvalue weighted by Crippen LogP contribution is -2.45. The fraction of sp³-hybridized carbons (Fsp3) is 0.538. The summed E-state index contributed by atoms with van der Waals surface area (Å²) in [5.74, 6) is -1.98. The van der Waals surface area contributed by atoms with Gasteiger partial charge in [0.05, 0.1) is 17.0 Å². The highest BCUT2D eigenvalue weighted by atomic mass is 35.5. The molecule has 2 saturated carbocycles. The summed E-state index contributed by atoms with van der Waals surface area (Å²) in [5.41, 5.74) is 7.16. The van der Waals surface area contributed by atoms with Crippen LogP contribution in [0.5, 0.6) is 0 Å². The number of benzene rings is 1. The molecule has 3 aliphatic rings. The molecule has 2 aromatic rings. The van der Waals surface area contributed by atoms with Crippen LogP contribution in [0.25, 0.3) is 0 Å². The number of nitro groups is 1. The number of carbonyl (C=O) groups excluding carboxylic acids is 2. The number of aromatic nitrogens is 2. The van der Waals surface area contributed by atoms with E-state index in [-0.39, 0.29) is 53.2 Å². The number of amides is 1. The van der Waals surface area contributed by atoms with E-state index in [1.807, 2.05) is 7.05 Å². The molecule has 0 radical (unpaired) electrons. The van der Waals surface area contributed by atoms with Crippen molar-refractivity contribution in [3.05, 3.63) is 51.2 Å². The highest BCUT2D eigenvalue weighted by molar-refractivity contribution is 6.28. The van der Waals surface area contributed by atoms with Gasteiger partial charge in [0, 0.05) is 62.9 Å². The van der Waals surface area contributed by atoms with Crippen LogP contribution in [0.2, 0.25) is 5.28 Å². The smallest absolute Gasteiger partial charge is 0.269 e. The van der Waals surface area contributed by atoms with Gasteiger partial charge in [-0.1, -0.05) is 0 Å². The first-order valence-electron chi connectivity index (χ1n) is 13.1. The number of hydrogen-bond acceptors (Lipinski definition) is 9. The van der Waals surface area contributed by atoms with Crippen molar-refractivity contribution in [3.8, 4) is 0 Å². The van der Waals surface area contributed by atoms with Crippen LogP contribution in [0.1, 0.15) is 24.8 Å². The highest BCUT2D eigenvalue weighted by Gasteiger charge is 2.55. The Morgan fingerprint density at radius 1 is 1.26 bits per heavy atom. The number of anilines is 2. The molecule has 1 amide bonds. The van der Waals surface area contributed by atoms with Gasteiger partial charge in [-0.25, -0.2) is 9.37 Å². The van der Waals surface area contributed by atoms with Crippen molar-refractivity contribution < 1.29 is 18.9 Å². The van der Waals surface area contributed by atoms with Gasteiger partial charge in [-0.3, -0.25) is 19.7 Å². The average Bonchev–Trinajstić information content (AvgIpc) is 3.44. The predicted molar refractivity (Wildman–Crippen MR) is 143 cm³/mol. The monoisotopic (exact) mass is 559 g/mol. The maximum atomic E-state index is 14.4. The van der Waals surface area contributed by atoms with Gasteiger partial charge in [0.25, 0.3) is 5.69 Å². The number of nitrogens with two attached hydrogens (primary N) is 1. The molecule has 13 heteroatoms. The largest absolute Gasteiger partial charge is 0.369 e. The number of hydrogen-bond donors (Lipinski definition) is 2. The van der Waals surface area contributed by atoms with Gasteiger partial charge in [-0.15, -0.1) is 0 Å². The van der Waals surface area contributed by atoms with Crippen molar-refractivity contribution in [2.75, 3.05) is 43.4 Å². The summed E-state index contributed by atoms with van der Waals surface area (Å²) in [4.78, 5) is 48.6. The number of nitro benzene ring substituents is 1. The van der Waals surface area contributed by atoms with E-state index in [2.05, 4.69) is 25.1 Å². The lowest BCUT2D eigenvalue weighted by atomic mass is 9.75. The molecule has 5 atom stereocenters. The van der Waals surface area contributed by atoms with Crippen LogP contribution in [0, 0.1) is 39.6 Å². The summed E-state index contributed by atoms with van der Waals surface area (Å²) in [6, 6.07) is 4.23. The molecule has 1 saturated heterocycles. The number of Topliss-reactive ketones (excluding diaryl/α,β-unsaturated/α-hetero) is 1. The summed E-state index contributed by atoms with van der Waals surface area (Å²) >= 11 is 5.85. The molecule has 5 rings (SSSR count). The Morgan fingerprint density at radius 3 is 2.69 bits per heavy atom. The maximum absolute atomic E-state index is 14.4. The molecule has 2 aliphatic carbocycles. The van der Waals surface area contributed by atoms with Gasteiger partial charge in [0.2, 0.25) is 11.2 Å². The quantitative estimate of drug-likeness (QED) is 0.269. The van der Waals surface area contributed by atoms with Gasteiger partial charge in [0.1, 0.15) is 5.78 Å². The third kappa shape index (κ3) is 5.67. The van der Waals surface area contributed by atoms with Crippen LogP contribution >= 0.6 is 11.6 Å². The average molecular weight is 560 g/mol. The van der Waals surface area contributed by atoms with Crippen molar-refractivity contribution >= 4 is 40.5 Å². The van der Waals surface area contributed by atoms with Crippen LogP contribution in [0.3, 0.4) is 0 Å². The predicted octanol–water partition coefficient (Wildman–Crippen LogP) is 2.67. The Morgan fingerprint density at radius 2 is 2.00 bits per heavy atom. The fourth-order valence-electron chi connectivity index (χ4n) is 6.70. The van der Waals surface area contributed by atoms with Crippen molar-refractivity contribution in [3.63, 3.8) is 0 Å². The van der Waals surface area contributed by atoms with E-state index in [1.54, 1.807) is 6.07 Å². The van der Waals surface area contributed by atoms with Crippen LogP contribution in [-0.4, -0.2) is 70.8 Å². The second kappa shape index (κ2) is 11.0. The molecule has 3 fully saturated rings. The zero-order valence-electron chi connectivity index (χ0n) is 21.6. The minimum atomic E-state index is -0.694. The summed E-state index contributed by atoms with van der Waals surface area (Å²) < 4.78 is 14.4. The molecule has 2 heterocycles. The van der Waals surface area contributed by atoms with Crippen molar-refractivity contribution in [2.45, 2.75) is 31.7 Å². The number of primary amides is 1. The molecule has 0 unspecified atom stereocenters. The zero-order valence-corrected chi connectivity index (χ0v) is 22.3. The van der Waals surface area contributed by atoms with Crippen LogP contribution in [0.15, 0.2) is 24.4 Å². The summed E-state index contributed by atoms with van der Waals surface area (Å²) in [6.45, 7) is 3.27. The van der Waals surface area contributed by atoms with E-state index < -0.39 is 28.6 Å². The first-order chi connectivity index (χ1) is 18.6. The number of nitrogens with one attached hydrogen (secondary N) is 1. The molecule has 11 nitrogen and oxygen atoms in total. The molecule has 3 N–H and O–H groups in total. The first kappa shape index (κ1) is 27.2. The van der Waals surface area contributed by atoms with E-state index in [0.29, 0.717) is 18.4 Å². The molecule has 0 spiro atoms. The van der Waals surface area contributed by atoms with Crippen molar-refractivity contribution in [2.24, 2.45) is 29.4 Å². The first-order valence-corrected chi connectivity index (χ1v) is 13.4. The third-order valence-electron chi connectivity index (χ3n) is 8.48. The Hall–Kier alpha value is -3.38. The third-order valence-corrected chi connectivity index (χ3v) is 8.67. The van der Waals surface area contributed by atoms with E-state index in [0.717, 1.165) is 38.1 Å². The Balaban J connectivity index is 1.32. The van der Waals surface area contributed by atoms with Crippen LogP contribution < -0.4 is 16.0 Å². The van der Waals surface area contributed by atoms with E-state index in [4.69, 9.17) is 17.3 Å². The van der Waals surface area contributed by atoms with Gasteiger partial charge in [-0.05, 0) is 60.9 Å². The summed E-state index contributed by atoms with van der Waals surface area (Å²) in [7, 11) is 2.05. The SMILES string of the molecule is CN1CCN(c2ccc([N+](=O)[O-])cc2CC(=O)C[C@H]2C[C@H]3C[C@H]2[C@@H](Nc2nc(Cl)ncc2F)[C@H]3C(N)=O)CC1. The zero-order chi connectivity index (χ0) is 27.8. The van der Waals surface area contributed by atoms with Gasteiger partial charge in [-0.2, -0.15) is 4.98 Å². The second-order valence-electron chi connectivity index (χ2n) is 10.9. The Kier molecular flexibility index (Phi) is 7.68. The molecule has 208 valence electrons. The number of halogens is 2. The lowest BCUT2D eigenvalue weighted by Gasteiger charge is -2.35. The number of likely N-dealkylation sites (N-methyl/N-ethyl adjacent to an activating group) is 1. The Labute approximate surface area is 230 Å². The molecule has 1 aromatic heterocycles.